The number of aryl methyl sites for hydroxylation is 1. The number of rotatable bonds is 5. The van der Waals surface area contributed by atoms with Crippen molar-refractivity contribution in [3.05, 3.63) is 70.7 Å². The molecular formula is C21H22N2O3. The van der Waals surface area contributed by atoms with Crippen molar-refractivity contribution in [2.45, 2.75) is 38.3 Å². The molecule has 1 saturated heterocycles. The van der Waals surface area contributed by atoms with Crippen LogP contribution in [0.4, 0.5) is 0 Å². The Bertz CT molecular complexity index is 958. The highest BCUT2D eigenvalue weighted by atomic mass is 16.4. The van der Waals surface area contributed by atoms with Gasteiger partial charge in [0.05, 0.1) is 5.52 Å². The molecule has 1 atom stereocenters. The maximum absolute atomic E-state index is 12.8. The molecule has 0 aliphatic carbocycles. The first-order valence-corrected chi connectivity index (χ1v) is 9.14. The van der Waals surface area contributed by atoms with Crippen LogP contribution >= 0.6 is 0 Å². The third kappa shape index (κ3) is 3.29. The molecular weight excluding hydrogens is 328 g/mol. The van der Waals surface area contributed by atoms with E-state index in [-0.39, 0.29) is 11.9 Å². The van der Waals surface area contributed by atoms with Crippen molar-refractivity contribution in [1.29, 1.82) is 0 Å². The number of hydrogen-bond donors (Lipinski definition) is 0. The van der Waals surface area contributed by atoms with Crippen LogP contribution in [0.3, 0.4) is 0 Å². The quantitative estimate of drug-likeness (QED) is 0.710. The van der Waals surface area contributed by atoms with Crippen molar-refractivity contribution in [3.63, 3.8) is 0 Å². The highest BCUT2D eigenvalue weighted by Crippen LogP contribution is 2.22. The molecule has 5 nitrogen and oxygen atoms in total. The molecule has 2 aromatic carbocycles. The fourth-order valence-corrected chi connectivity index (χ4v) is 3.84. The summed E-state index contributed by atoms with van der Waals surface area (Å²) in [6.45, 7) is 1.15. The predicted octanol–water partition coefficient (Wildman–Crippen LogP) is 3.22. The van der Waals surface area contributed by atoms with E-state index in [0.717, 1.165) is 31.3 Å². The van der Waals surface area contributed by atoms with Crippen LogP contribution in [0.5, 0.6) is 0 Å². The average molecular weight is 350 g/mol. The van der Waals surface area contributed by atoms with E-state index in [2.05, 4.69) is 12.1 Å². The van der Waals surface area contributed by atoms with Crippen LogP contribution in [0.2, 0.25) is 0 Å². The number of hydrogen-bond acceptors (Lipinski definition) is 3. The zero-order chi connectivity index (χ0) is 17.9. The number of para-hydroxylation sites is 2. The molecule has 0 radical (unpaired) electrons. The Kier molecular flexibility index (Phi) is 4.61. The Morgan fingerprint density at radius 3 is 2.69 bits per heavy atom. The number of amides is 1. The van der Waals surface area contributed by atoms with Gasteiger partial charge in [-0.2, -0.15) is 0 Å². The van der Waals surface area contributed by atoms with E-state index < -0.39 is 5.76 Å². The van der Waals surface area contributed by atoms with Crippen molar-refractivity contribution in [2.24, 2.45) is 0 Å². The number of carbonyl (C=O) groups excluding carboxylic acids is 1. The molecule has 0 saturated carbocycles. The van der Waals surface area contributed by atoms with Gasteiger partial charge in [-0.15, -0.1) is 0 Å². The van der Waals surface area contributed by atoms with Gasteiger partial charge < -0.3 is 9.32 Å². The normalized spacial score (nSPS) is 17.1. The van der Waals surface area contributed by atoms with Crippen LogP contribution in [0.25, 0.3) is 11.1 Å². The van der Waals surface area contributed by atoms with Crippen LogP contribution in [0.15, 0.2) is 63.8 Å². The summed E-state index contributed by atoms with van der Waals surface area (Å²) in [5, 5.41) is 0. The number of carbonyl (C=O) groups is 1. The lowest BCUT2D eigenvalue weighted by atomic mass is 10.0. The second-order valence-electron chi connectivity index (χ2n) is 6.81. The van der Waals surface area contributed by atoms with E-state index in [1.54, 1.807) is 10.6 Å². The summed E-state index contributed by atoms with van der Waals surface area (Å²) >= 11 is 0. The van der Waals surface area contributed by atoms with Gasteiger partial charge in [-0.05, 0) is 37.0 Å². The fourth-order valence-electron chi connectivity index (χ4n) is 3.84. The molecule has 0 N–H and O–H groups in total. The first-order chi connectivity index (χ1) is 12.7. The highest BCUT2D eigenvalue weighted by Gasteiger charge is 2.28. The van der Waals surface area contributed by atoms with Crippen molar-refractivity contribution in [2.75, 3.05) is 6.54 Å². The Balaban J connectivity index is 1.44. The molecule has 4 rings (SSSR count). The van der Waals surface area contributed by atoms with Crippen LogP contribution in [0, 0.1) is 0 Å². The molecule has 1 amide bonds. The minimum atomic E-state index is -0.402. The number of benzene rings is 2. The first kappa shape index (κ1) is 16.6. The zero-order valence-electron chi connectivity index (χ0n) is 14.6. The summed E-state index contributed by atoms with van der Waals surface area (Å²) in [4.78, 5) is 26.8. The van der Waals surface area contributed by atoms with Crippen LogP contribution in [-0.2, 0) is 17.8 Å². The highest BCUT2D eigenvalue weighted by molar-refractivity contribution is 5.77. The van der Waals surface area contributed by atoms with Gasteiger partial charge >= 0.3 is 5.76 Å². The second-order valence-corrected chi connectivity index (χ2v) is 6.81. The van der Waals surface area contributed by atoms with Gasteiger partial charge in [0.2, 0.25) is 5.91 Å². The Hall–Kier alpha value is -2.82. The largest absolute Gasteiger partial charge is 0.419 e. The number of oxazole rings is 1. The Labute approximate surface area is 151 Å². The fraction of sp³-hybridized carbons (Fsp3) is 0.333. The second kappa shape index (κ2) is 7.20. The summed E-state index contributed by atoms with van der Waals surface area (Å²) in [5.41, 5.74) is 2.56. The molecule has 5 heteroatoms. The molecule has 1 unspecified atom stereocenters. The predicted molar refractivity (Wildman–Crippen MR) is 100.0 cm³/mol. The average Bonchev–Trinajstić information content (AvgIpc) is 3.24. The van der Waals surface area contributed by atoms with E-state index >= 15 is 0 Å². The van der Waals surface area contributed by atoms with Gasteiger partial charge in [0.15, 0.2) is 5.58 Å². The minimum absolute atomic E-state index is 0.112. The lowest BCUT2D eigenvalue weighted by molar-refractivity contribution is -0.132. The van der Waals surface area contributed by atoms with Gasteiger partial charge in [0.1, 0.15) is 0 Å². The summed E-state index contributed by atoms with van der Waals surface area (Å²) in [7, 11) is 0. The van der Waals surface area contributed by atoms with Crippen LogP contribution < -0.4 is 5.76 Å². The molecule has 1 aliphatic rings. The molecule has 0 spiro atoms. The van der Waals surface area contributed by atoms with Crippen LogP contribution in [0.1, 0.15) is 24.8 Å². The number of likely N-dealkylation sites (tertiary alicyclic amines) is 1. The molecule has 2 heterocycles. The summed E-state index contributed by atoms with van der Waals surface area (Å²) in [6, 6.07) is 17.9. The Morgan fingerprint density at radius 2 is 1.85 bits per heavy atom. The zero-order valence-corrected chi connectivity index (χ0v) is 14.6. The lowest BCUT2D eigenvalue weighted by Crippen LogP contribution is -2.37. The standard InChI is InChI=1S/C21H22N2O3/c24-20(12-14-23-18-10-4-5-11-19(18)26-21(23)25)22-13-6-9-17(22)15-16-7-2-1-3-8-16/h1-5,7-8,10-11,17H,6,9,12-15H2. The third-order valence-corrected chi connectivity index (χ3v) is 5.13. The van der Waals surface area contributed by atoms with Crippen LogP contribution in [-0.4, -0.2) is 28.0 Å². The van der Waals surface area contributed by atoms with Crippen molar-refractivity contribution in [3.8, 4) is 0 Å². The number of nitrogens with zero attached hydrogens (tertiary/aromatic N) is 2. The van der Waals surface area contributed by atoms with E-state index in [9.17, 15) is 9.59 Å². The van der Waals surface area contributed by atoms with Crippen molar-refractivity contribution in [1.82, 2.24) is 9.47 Å². The maximum atomic E-state index is 12.8. The Morgan fingerprint density at radius 1 is 1.08 bits per heavy atom. The van der Waals surface area contributed by atoms with Gasteiger partial charge in [0.25, 0.3) is 0 Å². The first-order valence-electron chi connectivity index (χ1n) is 9.14. The molecule has 26 heavy (non-hydrogen) atoms. The van der Waals surface area contributed by atoms with E-state index in [4.69, 9.17) is 4.42 Å². The third-order valence-electron chi connectivity index (χ3n) is 5.13. The monoisotopic (exact) mass is 350 g/mol. The van der Waals surface area contributed by atoms with E-state index in [0.29, 0.717) is 18.5 Å². The van der Waals surface area contributed by atoms with Crippen molar-refractivity contribution >= 4 is 17.0 Å². The topological polar surface area (TPSA) is 55.5 Å². The molecule has 1 fully saturated rings. The van der Waals surface area contributed by atoms with Gasteiger partial charge in [-0.3, -0.25) is 9.36 Å². The van der Waals surface area contributed by atoms with E-state index in [1.807, 2.05) is 41.3 Å². The van der Waals surface area contributed by atoms with Crippen molar-refractivity contribution < 1.29 is 9.21 Å². The minimum Gasteiger partial charge on any atom is -0.408 e. The van der Waals surface area contributed by atoms with Gasteiger partial charge in [-0.1, -0.05) is 42.5 Å². The molecule has 1 aliphatic heterocycles. The summed E-state index contributed by atoms with van der Waals surface area (Å²) < 4.78 is 6.79. The molecule has 0 bridgehead atoms. The number of aromatic nitrogens is 1. The molecule has 1 aromatic heterocycles. The molecule has 134 valence electrons. The maximum Gasteiger partial charge on any atom is 0.419 e. The summed E-state index contributed by atoms with van der Waals surface area (Å²) in [5.74, 6) is -0.290. The van der Waals surface area contributed by atoms with Gasteiger partial charge in [0, 0.05) is 25.6 Å². The lowest BCUT2D eigenvalue weighted by Gasteiger charge is -2.25. The van der Waals surface area contributed by atoms with E-state index in [1.165, 1.54) is 5.56 Å². The smallest absolute Gasteiger partial charge is 0.408 e. The SMILES string of the molecule is O=C(CCn1c(=O)oc2ccccc21)N1CCCC1Cc1ccccc1. The van der Waals surface area contributed by atoms with Gasteiger partial charge in [-0.25, -0.2) is 4.79 Å². The summed E-state index contributed by atoms with van der Waals surface area (Å²) in [6.07, 6.45) is 3.28. The number of fused-ring (bicyclic) bond motifs is 1. The molecule has 3 aromatic rings.